The second kappa shape index (κ2) is 6.12. The molecule has 120 valence electrons. The van der Waals surface area contributed by atoms with Gasteiger partial charge in [0.15, 0.2) is 0 Å². The number of hydrogen-bond donors (Lipinski definition) is 0. The van der Waals surface area contributed by atoms with Gasteiger partial charge in [-0.1, -0.05) is 37.5 Å². The van der Waals surface area contributed by atoms with Crippen LogP contribution in [0.25, 0.3) is 0 Å². The fraction of sp³-hybridized carbons (Fsp3) is 0.450. The molecule has 23 heavy (non-hydrogen) atoms. The minimum Gasteiger partial charge on any atom is -0.307 e. The number of β-lactam (4-membered cyclic amide) rings is 1. The third kappa shape index (κ3) is 2.61. The number of nitrogens with zero attached hydrogens (tertiary/aromatic N) is 1. The molecule has 1 saturated heterocycles. The summed E-state index contributed by atoms with van der Waals surface area (Å²) in [5.74, 6) is 1.01. The van der Waals surface area contributed by atoms with Crippen LogP contribution in [-0.2, 0) is 4.79 Å². The maximum atomic E-state index is 13.0. The number of para-hydroxylation sites is 1. The van der Waals surface area contributed by atoms with Crippen LogP contribution in [0.2, 0.25) is 0 Å². The second-order valence-electron chi connectivity index (χ2n) is 6.86. The lowest BCUT2D eigenvalue weighted by Crippen LogP contribution is -2.62. The van der Waals surface area contributed by atoms with Crippen LogP contribution < -0.4 is 4.90 Å². The topological polar surface area (TPSA) is 20.3 Å². The molecule has 1 saturated carbocycles. The first kappa shape index (κ1) is 14.9. The van der Waals surface area contributed by atoms with E-state index in [1.54, 1.807) is 11.3 Å². The molecule has 3 heteroatoms. The average molecular weight is 325 g/mol. The van der Waals surface area contributed by atoms with Gasteiger partial charge in [0.05, 0.1) is 12.0 Å². The number of amides is 1. The van der Waals surface area contributed by atoms with Crippen molar-refractivity contribution in [3.8, 4) is 0 Å². The minimum absolute atomic E-state index is 0.0806. The highest BCUT2D eigenvalue weighted by atomic mass is 32.1. The molecule has 0 radical (unpaired) electrons. The Morgan fingerprint density at radius 2 is 1.74 bits per heavy atom. The summed E-state index contributed by atoms with van der Waals surface area (Å²) in [5, 5.41) is 0. The number of carbonyl (C=O) groups excluding carboxylic acids is 1. The molecule has 2 aromatic rings. The highest BCUT2D eigenvalue weighted by Gasteiger charge is 2.52. The molecule has 2 fully saturated rings. The van der Waals surface area contributed by atoms with Gasteiger partial charge in [0.2, 0.25) is 5.91 Å². The van der Waals surface area contributed by atoms with Gasteiger partial charge in [0.25, 0.3) is 0 Å². The van der Waals surface area contributed by atoms with Crippen LogP contribution in [0.5, 0.6) is 0 Å². The van der Waals surface area contributed by atoms with Gasteiger partial charge in [-0.05, 0) is 49.9 Å². The SMILES string of the molecule is Cc1ccc([C@@H]2C(=O)N(c3ccccc3)[C@H]2C2CCCCC2)s1. The molecule has 1 aliphatic carbocycles. The number of rotatable bonds is 3. The van der Waals surface area contributed by atoms with E-state index in [1.165, 1.54) is 41.9 Å². The Morgan fingerprint density at radius 3 is 2.39 bits per heavy atom. The highest BCUT2D eigenvalue weighted by molar-refractivity contribution is 7.12. The highest BCUT2D eigenvalue weighted by Crippen LogP contribution is 2.47. The summed E-state index contributed by atoms with van der Waals surface area (Å²) < 4.78 is 0. The predicted octanol–water partition coefficient (Wildman–Crippen LogP) is 5.14. The lowest BCUT2D eigenvalue weighted by atomic mass is 9.72. The summed E-state index contributed by atoms with van der Waals surface area (Å²) in [6, 6.07) is 14.9. The monoisotopic (exact) mass is 325 g/mol. The molecule has 0 spiro atoms. The normalized spacial score (nSPS) is 25.4. The molecule has 0 N–H and O–H groups in total. The molecule has 2 nitrogen and oxygen atoms in total. The number of carbonyl (C=O) groups is 1. The van der Waals surface area contributed by atoms with Crippen molar-refractivity contribution >= 4 is 22.9 Å². The molecule has 2 heterocycles. The lowest BCUT2D eigenvalue weighted by Gasteiger charge is -2.51. The van der Waals surface area contributed by atoms with Gasteiger partial charge in [-0.15, -0.1) is 11.3 Å². The van der Waals surface area contributed by atoms with E-state index in [2.05, 4.69) is 36.1 Å². The molecule has 0 unspecified atom stereocenters. The third-order valence-corrected chi connectivity index (χ3v) is 6.46. The summed E-state index contributed by atoms with van der Waals surface area (Å²) in [5.41, 5.74) is 1.07. The van der Waals surface area contributed by atoms with Gasteiger partial charge >= 0.3 is 0 Å². The maximum absolute atomic E-state index is 13.0. The van der Waals surface area contributed by atoms with Crippen LogP contribution in [0.1, 0.15) is 47.8 Å². The maximum Gasteiger partial charge on any atom is 0.237 e. The van der Waals surface area contributed by atoms with Crippen LogP contribution in [0, 0.1) is 12.8 Å². The summed E-state index contributed by atoms with van der Waals surface area (Å²) in [6.07, 6.45) is 6.51. The number of thiophene rings is 1. The van der Waals surface area contributed by atoms with E-state index in [9.17, 15) is 4.79 Å². The van der Waals surface area contributed by atoms with E-state index >= 15 is 0 Å². The fourth-order valence-corrected chi connectivity index (χ4v) is 5.28. The Labute approximate surface area is 142 Å². The van der Waals surface area contributed by atoms with Crippen molar-refractivity contribution in [2.24, 2.45) is 5.92 Å². The second-order valence-corrected chi connectivity index (χ2v) is 8.18. The molecule has 1 amide bonds. The Hall–Kier alpha value is -1.61. The third-order valence-electron chi connectivity index (χ3n) is 5.38. The van der Waals surface area contributed by atoms with Crippen molar-refractivity contribution in [1.82, 2.24) is 0 Å². The van der Waals surface area contributed by atoms with Gasteiger partial charge in [-0.25, -0.2) is 0 Å². The zero-order valence-corrected chi connectivity index (χ0v) is 14.4. The first-order valence-electron chi connectivity index (χ1n) is 8.70. The van der Waals surface area contributed by atoms with E-state index in [1.807, 2.05) is 18.2 Å². The molecule has 0 bridgehead atoms. The van der Waals surface area contributed by atoms with Crippen molar-refractivity contribution in [2.45, 2.75) is 51.0 Å². The average Bonchev–Trinajstić information content (AvgIpc) is 3.00. The smallest absolute Gasteiger partial charge is 0.237 e. The summed E-state index contributed by atoms with van der Waals surface area (Å²) >= 11 is 1.79. The summed E-state index contributed by atoms with van der Waals surface area (Å²) in [6.45, 7) is 2.13. The first-order chi connectivity index (χ1) is 11.3. The van der Waals surface area contributed by atoms with Crippen molar-refractivity contribution in [1.29, 1.82) is 0 Å². The van der Waals surface area contributed by atoms with Gasteiger partial charge < -0.3 is 4.90 Å². The summed E-state index contributed by atoms with van der Waals surface area (Å²) in [4.78, 5) is 17.6. The number of benzene rings is 1. The zero-order chi connectivity index (χ0) is 15.8. The van der Waals surface area contributed by atoms with Crippen LogP contribution >= 0.6 is 11.3 Å². The van der Waals surface area contributed by atoms with Crippen molar-refractivity contribution in [3.63, 3.8) is 0 Å². The first-order valence-corrected chi connectivity index (χ1v) is 9.52. The molecule has 4 rings (SSSR count). The zero-order valence-electron chi connectivity index (χ0n) is 13.6. The quantitative estimate of drug-likeness (QED) is 0.716. The van der Waals surface area contributed by atoms with Crippen LogP contribution in [-0.4, -0.2) is 11.9 Å². The van der Waals surface area contributed by atoms with Gasteiger partial charge in [-0.3, -0.25) is 4.79 Å². The van der Waals surface area contributed by atoms with Gasteiger partial charge in [-0.2, -0.15) is 0 Å². The van der Waals surface area contributed by atoms with E-state index in [0.29, 0.717) is 12.0 Å². The molecule has 1 aromatic carbocycles. The number of anilines is 1. The van der Waals surface area contributed by atoms with E-state index in [0.717, 1.165) is 5.69 Å². The van der Waals surface area contributed by atoms with E-state index < -0.39 is 0 Å². The Kier molecular flexibility index (Phi) is 3.98. The van der Waals surface area contributed by atoms with Crippen molar-refractivity contribution in [3.05, 3.63) is 52.2 Å². The lowest BCUT2D eigenvalue weighted by molar-refractivity contribution is -0.127. The van der Waals surface area contributed by atoms with Crippen LogP contribution in [0.15, 0.2) is 42.5 Å². The molecule has 2 atom stereocenters. The fourth-order valence-electron chi connectivity index (χ4n) is 4.27. The van der Waals surface area contributed by atoms with Crippen LogP contribution in [0.4, 0.5) is 5.69 Å². The largest absolute Gasteiger partial charge is 0.307 e. The van der Waals surface area contributed by atoms with Gasteiger partial charge in [0, 0.05) is 15.4 Å². The standard InChI is InChI=1S/C20H23NOS/c1-14-12-13-17(23-14)18-19(15-8-4-2-5-9-15)21(20(18)22)16-10-6-3-7-11-16/h3,6-7,10-13,15,18-19H,2,4-5,8-9H2,1H3/t18-,19-/m0/s1. The summed E-state index contributed by atoms with van der Waals surface area (Å²) in [7, 11) is 0. The Bertz CT molecular complexity index is 687. The van der Waals surface area contributed by atoms with E-state index in [-0.39, 0.29) is 11.8 Å². The molecule has 2 aliphatic rings. The Morgan fingerprint density at radius 1 is 1.00 bits per heavy atom. The van der Waals surface area contributed by atoms with E-state index in [4.69, 9.17) is 0 Å². The molecule has 1 aliphatic heterocycles. The molecule has 1 aromatic heterocycles. The Balaban J connectivity index is 1.68. The number of aryl methyl sites for hydroxylation is 1. The predicted molar refractivity (Wildman–Crippen MR) is 96.1 cm³/mol. The number of hydrogen-bond acceptors (Lipinski definition) is 2. The van der Waals surface area contributed by atoms with Crippen LogP contribution in [0.3, 0.4) is 0 Å². The molecular weight excluding hydrogens is 302 g/mol. The van der Waals surface area contributed by atoms with Gasteiger partial charge in [0.1, 0.15) is 0 Å². The minimum atomic E-state index is 0.0806. The van der Waals surface area contributed by atoms with Crippen molar-refractivity contribution < 1.29 is 4.79 Å². The molecular formula is C20H23NOS. The van der Waals surface area contributed by atoms with Crippen molar-refractivity contribution in [2.75, 3.05) is 4.90 Å².